The molecule has 164 valence electrons. The van der Waals surface area contributed by atoms with Crippen molar-refractivity contribution in [3.8, 4) is 0 Å². The van der Waals surface area contributed by atoms with Crippen LogP contribution >= 0.6 is 0 Å². The number of nitrogens with one attached hydrogen (secondary N) is 2. The van der Waals surface area contributed by atoms with Gasteiger partial charge in [0.25, 0.3) is 0 Å². The van der Waals surface area contributed by atoms with E-state index in [0.29, 0.717) is 0 Å². The Morgan fingerprint density at radius 1 is 1.26 bits per heavy atom. The van der Waals surface area contributed by atoms with Crippen molar-refractivity contribution in [3.05, 3.63) is 47.7 Å². The molecule has 31 heavy (non-hydrogen) atoms. The predicted molar refractivity (Wildman–Crippen MR) is 101 cm³/mol. The Morgan fingerprint density at radius 3 is 2.55 bits per heavy atom. The molecule has 0 unspecified atom stereocenters. The van der Waals surface area contributed by atoms with Crippen molar-refractivity contribution >= 4 is 28.6 Å². The van der Waals surface area contributed by atoms with E-state index in [1.807, 2.05) is 5.32 Å². The molecule has 0 aliphatic carbocycles. The van der Waals surface area contributed by atoms with Gasteiger partial charge in [0.05, 0.1) is 31.2 Å². The van der Waals surface area contributed by atoms with E-state index in [2.05, 4.69) is 15.3 Å². The van der Waals surface area contributed by atoms with Crippen molar-refractivity contribution in [2.24, 2.45) is 0 Å². The average Bonchev–Trinajstić information content (AvgIpc) is 2.99. The predicted octanol–water partition coefficient (Wildman–Crippen LogP) is 4.25. The molecule has 1 fully saturated rings. The van der Waals surface area contributed by atoms with Crippen molar-refractivity contribution < 1.29 is 31.2 Å². The van der Waals surface area contributed by atoms with E-state index < -0.39 is 36.0 Å². The Hall–Kier alpha value is -3.44. The summed E-state index contributed by atoms with van der Waals surface area (Å²) in [7, 11) is 0. The number of nitrogens with zero attached hydrogens (tertiary/aromatic N) is 3. The van der Waals surface area contributed by atoms with Gasteiger partial charge in [0.15, 0.2) is 6.04 Å². The number of rotatable bonds is 4. The number of fused-ring (bicyclic) bond motifs is 1. The smallest absolute Gasteiger partial charge is 0.416 e. The van der Waals surface area contributed by atoms with E-state index in [0.717, 1.165) is 12.1 Å². The van der Waals surface area contributed by atoms with Crippen molar-refractivity contribution in [2.45, 2.75) is 25.3 Å². The van der Waals surface area contributed by atoms with Gasteiger partial charge < -0.3 is 20.0 Å². The molecule has 4 rings (SSSR count). The Labute approximate surface area is 172 Å². The summed E-state index contributed by atoms with van der Waals surface area (Å²) in [5, 5.41) is 4.22. The molecule has 2 N–H and O–H groups in total. The normalized spacial score (nSPS) is 15.6. The van der Waals surface area contributed by atoms with Crippen LogP contribution in [0.4, 0.5) is 38.4 Å². The summed E-state index contributed by atoms with van der Waals surface area (Å²) >= 11 is 0. The summed E-state index contributed by atoms with van der Waals surface area (Å²) in [4.78, 5) is 21.7. The van der Waals surface area contributed by atoms with Gasteiger partial charge in [-0.25, -0.2) is 23.5 Å². The second kappa shape index (κ2) is 7.67. The molecule has 0 spiro atoms. The number of anilines is 2. The molecule has 1 aliphatic heterocycles. The highest BCUT2D eigenvalue weighted by molar-refractivity contribution is 5.89. The number of halogens is 5. The van der Waals surface area contributed by atoms with Crippen molar-refractivity contribution in [2.75, 3.05) is 23.3 Å². The monoisotopic (exact) mass is 441 g/mol. The van der Waals surface area contributed by atoms with Crippen LogP contribution in [0.3, 0.4) is 0 Å². The Kier molecular flexibility index (Phi) is 5.15. The zero-order valence-corrected chi connectivity index (χ0v) is 16.0. The third-order valence-electron chi connectivity index (χ3n) is 4.82. The van der Waals surface area contributed by atoms with Crippen LogP contribution in [0.5, 0.6) is 0 Å². The molecular formula is C19H16F5N5O2. The molecule has 3 aromatic rings. The minimum atomic E-state index is -4.88. The standard InChI is InChI=1S/C19H16F5N5O2/c1-9-13-4-10(20)2-3-14(13)31-15(9)16(19(22,23)24)28-18(30)27-12-5-25-17(26-6-12)29-7-11(21)8-29/h2-6,11,16H,7-8H2,1H3,(H2,27,28,30)/t16-/m1/s1. The van der Waals surface area contributed by atoms with Gasteiger partial charge in [-0.15, -0.1) is 0 Å². The molecule has 0 radical (unpaired) electrons. The van der Waals surface area contributed by atoms with Crippen LogP contribution in [0.25, 0.3) is 11.0 Å². The van der Waals surface area contributed by atoms with Crippen LogP contribution in [-0.4, -0.2) is 41.4 Å². The van der Waals surface area contributed by atoms with Gasteiger partial charge in [-0.3, -0.25) is 0 Å². The number of aromatic nitrogens is 2. The topological polar surface area (TPSA) is 83.3 Å². The minimum absolute atomic E-state index is 0.0443. The van der Waals surface area contributed by atoms with Crippen molar-refractivity contribution in [3.63, 3.8) is 0 Å². The second-order valence-corrected chi connectivity index (χ2v) is 7.08. The molecule has 1 aliphatic rings. The van der Waals surface area contributed by atoms with Gasteiger partial charge in [-0.05, 0) is 25.1 Å². The lowest BCUT2D eigenvalue weighted by Crippen LogP contribution is -2.49. The number of carbonyl (C=O) groups excluding carboxylic acids is 1. The number of alkyl halides is 4. The number of hydrogen-bond acceptors (Lipinski definition) is 5. The van der Waals surface area contributed by atoms with Crippen molar-refractivity contribution in [1.29, 1.82) is 0 Å². The SMILES string of the molecule is Cc1c([C@@H](NC(=O)Nc2cnc(N3CC(F)C3)nc2)C(F)(F)F)oc2ccc(F)cc12. The van der Waals surface area contributed by atoms with Crippen LogP contribution in [0.1, 0.15) is 17.4 Å². The van der Waals surface area contributed by atoms with Crippen LogP contribution in [0.15, 0.2) is 35.0 Å². The Balaban J connectivity index is 1.51. The summed E-state index contributed by atoms with van der Waals surface area (Å²) in [6.07, 6.45) is -3.43. The molecule has 7 nitrogen and oxygen atoms in total. The number of hydrogen-bond donors (Lipinski definition) is 2. The molecule has 1 atom stereocenters. The summed E-state index contributed by atoms with van der Waals surface area (Å²) in [6, 6.07) is -0.289. The largest absolute Gasteiger partial charge is 0.458 e. The van der Waals surface area contributed by atoms with E-state index in [9.17, 15) is 26.7 Å². The highest BCUT2D eigenvalue weighted by Crippen LogP contribution is 2.38. The number of benzene rings is 1. The van der Waals surface area contributed by atoms with Gasteiger partial charge in [0.1, 0.15) is 23.3 Å². The molecule has 2 amide bonds. The maximum atomic E-state index is 13.7. The lowest BCUT2D eigenvalue weighted by molar-refractivity contribution is -0.158. The van der Waals surface area contributed by atoms with Crippen LogP contribution < -0.4 is 15.5 Å². The van der Waals surface area contributed by atoms with Crippen molar-refractivity contribution in [1.82, 2.24) is 15.3 Å². The lowest BCUT2D eigenvalue weighted by atomic mass is 10.1. The van der Waals surface area contributed by atoms with Gasteiger partial charge in [-0.2, -0.15) is 13.2 Å². The minimum Gasteiger partial charge on any atom is -0.458 e. The van der Waals surface area contributed by atoms with Crippen LogP contribution in [0.2, 0.25) is 0 Å². The molecule has 1 saturated heterocycles. The third kappa shape index (κ3) is 4.23. The number of amides is 2. The molecule has 2 aromatic heterocycles. The summed E-state index contributed by atoms with van der Waals surface area (Å²) < 4.78 is 72.7. The molecule has 1 aromatic carbocycles. The third-order valence-corrected chi connectivity index (χ3v) is 4.82. The molecule has 3 heterocycles. The zero-order valence-electron chi connectivity index (χ0n) is 16.0. The fraction of sp³-hybridized carbons (Fsp3) is 0.316. The fourth-order valence-electron chi connectivity index (χ4n) is 3.22. The van der Waals surface area contributed by atoms with E-state index in [4.69, 9.17) is 4.42 Å². The zero-order chi connectivity index (χ0) is 22.3. The number of carbonyl (C=O) groups is 1. The first-order valence-electron chi connectivity index (χ1n) is 9.15. The first-order chi connectivity index (χ1) is 14.6. The summed E-state index contributed by atoms with van der Waals surface area (Å²) in [5.41, 5.74) is 0.171. The maximum absolute atomic E-state index is 13.7. The van der Waals surface area contributed by atoms with E-state index >= 15 is 0 Å². The highest BCUT2D eigenvalue weighted by atomic mass is 19.4. The first kappa shape index (κ1) is 20.8. The molecule has 12 heteroatoms. The Morgan fingerprint density at radius 2 is 1.94 bits per heavy atom. The summed E-state index contributed by atoms with van der Waals surface area (Å²) in [5.74, 6) is -0.924. The van der Waals surface area contributed by atoms with E-state index in [-0.39, 0.29) is 41.3 Å². The summed E-state index contributed by atoms with van der Waals surface area (Å²) in [6.45, 7) is 1.66. The molecular weight excluding hydrogens is 425 g/mol. The van der Waals surface area contributed by atoms with E-state index in [1.165, 1.54) is 25.4 Å². The van der Waals surface area contributed by atoms with Crippen LogP contribution in [0, 0.1) is 12.7 Å². The molecule has 0 bridgehead atoms. The first-order valence-corrected chi connectivity index (χ1v) is 9.15. The van der Waals surface area contributed by atoms with Gasteiger partial charge >= 0.3 is 12.2 Å². The average molecular weight is 441 g/mol. The van der Waals surface area contributed by atoms with Gasteiger partial charge in [0, 0.05) is 10.9 Å². The highest BCUT2D eigenvalue weighted by Gasteiger charge is 2.45. The number of urea groups is 1. The molecule has 0 saturated carbocycles. The van der Waals surface area contributed by atoms with Crippen LogP contribution in [-0.2, 0) is 0 Å². The van der Waals surface area contributed by atoms with E-state index in [1.54, 1.807) is 4.90 Å². The second-order valence-electron chi connectivity index (χ2n) is 7.08. The number of aryl methyl sites for hydroxylation is 1. The maximum Gasteiger partial charge on any atom is 0.416 e. The van der Waals surface area contributed by atoms with Gasteiger partial charge in [0.2, 0.25) is 5.95 Å². The Bertz CT molecular complexity index is 1110. The quantitative estimate of drug-likeness (QED) is 0.592. The lowest BCUT2D eigenvalue weighted by Gasteiger charge is -2.34. The fourth-order valence-corrected chi connectivity index (χ4v) is 3.22. The number of furan rings is 1. The van der Waals surface area contributed by atoms with Gasteiger partial charge in [-0.1, -0.05) is 0 Å².